The third-order valence-electron chi connectivity index (χ3n) is 4.63. The van der Waals surface area contributed by atoms with Crippen molar-refractivity contribution in [2.45, 2.75) is 52.6 Å². The summed E-state index contributed by atoms with van der Waals surface area (Å²) in [4.78, 5) is 25.0. The maximum Gasteiger partial charge on any atom is 0.341 e. The first-order chi connectivity index (χ1) is 12.8. The minimum atomic E-state index is -0.853. The summed E-state index contributed by atoms with van der Waals surface area (Å²) in [6, 6.07) is 5.01. The zero-order chi connectivity index (χ0) is 20.0. The summed E-state index contributed by atoms with van der Waals surface area (Å²) in [6.45, 7) is 8.94. The number of carbonyl (C=O) groups excluding carboxylic acids is 2. The van der Waals surface area contributed by atoms with Crippen LogP contribution in [0.25, 0.3) is 0 Å². The number of methoxy groups -OCH3 is 1. The fourth-order valence-electron chi connectivity index (χ4n) is 2.83. The average molecular weight is 377 g/mol. The number of rotatable bonds is 10. The largest absolute Gasteiger partial charge is 0.492 e. The van der Waals surface area contributed by atoms with E-state index in [0.29, 0.717) is 36.1 Å². The van der Waals surface area contributed by atoms with Gasteiger partial charge in [0.15, 0.2) is 0 Å². The summed E-state index contributed by atoms with van der Waals surface area (Å²) in [7, 11) is 1.32. The highest BCUT2D eigenvalue weighted by Crippen LogP contribution is 2.42. The van der Waals surface area contributed by atoms with Crippen molar-refractivity contribution in [3.8, 4) is 5.75 Å². The van der Waals surface area contributed by atoms with Gasteiger partial charge in [0.25, 0.3) is 5.91 Å². The molecule has 0 saturated heterocycles. The molecule has 2 rings (SSSR count). The van der Waals surface area contributed by atoms with E-state index in [1.54, 1.807) is 18.2 Å². The van der Waals surface area contributed by atoms with Gasteiger partial charge in [0.05, 0.1) is 13.7 Å². The van der Waals surface area contributed by atoms with Crippen LogP contribution in [-0.4, -0.2) is 37.8 Å². The Morgan fingerprint density at radius 2 is 2.00 bits per heavy atom. The van der Waals surface area contributed by atoms with E-state index >= 15 is 0 Å². The van der Waals surface area contributed by atoms with Crippen LogP contribution >= 0.6 is 0 Å². The molecule has 1 aromatic carbocycles. The Kier molecular flexibility index (Phi) is 7.25. The minimum Gasteiger partial charge on any atom is -0.492 e. The fraction of sp³-hybridized carbons (Fsp3) is 0.619. The standard InChI is InChI=1S/C21H31NO5/c1-6-11-27-21(4,15-7-8-15)20(24)22-16-9-10-18(26-13-14(2)3)17(12-16)19(23)25-5/h9-10,12,14-15H,6-8,11,13H2,1-5H3,(H,22,24)/t21-/m0/s1. The number of anilines is 1. The molecule has 27 heavy (non-hydrogen) atoms. The van der Waals surface area contributed by atoms with Crippen molar-refractivity contribution in [2.75, 3.05) is 25.6 Å². The van der Waals surface area contributed by atoms with Gasteiger partial charge in [-0.3, -0.25) is 4.79 Å². The zero-order valence-corrected chi connectivity index (χ0v) is 17.0. The van der Waals surface area contributed by atoms with E-state index < -0.39 is 11.6 Å². The number of nitrogens with one attached hydrogen (secondary N) is 1. The van der Waals surface area contributed by atoms with Gasteiger partial charge in [-0.15, -0.1) is 0 Å². The van der Waals surface area contributed by atoms with Crippen LogP contribution in [-0.2, 0) is 14.3 Å². The van der Waals surface area contributed by atoms with Crippen LogP contribution in [0.2, 0.25) is 0 Å². The maximum absolute atomic E-state index is 12.9. The Morgan fingerprint density at radius 1 is 1.30 bits per heavy atom. The highest BCUT2D eigenvalue weighted by molar-refractivity contribution is 5.99. The first-order valence-corrected chi connectivity index (χ1v) is 9.62. The Balaban J connectivity index is 2.19. The maximum atomic E-state index is 12.9. The molecule has 0 radical (unpaired) electrons. The molecule has 0 unspecified atom stereocenters. The molecule has 0 bridgehead atoms. The monoisotopic (exact) mass is 377 g/mol. The smallest absolute Gasteiger partial charge is 0.341 e. The number of carbonyl (C=O) groups is 2. The molecule has 1 atom stereocenters. The Morgan fingerprint density at radius 3 is 2.56 bits per heavy atom. The average Bonchev–Trinajstić information content (AvgIpc) is 3.49. The van der Waals surface area contributed by atoms with Crippen molar-refractivity contribution >= 4 is 17.6 Å². The summed E-state index contributed by atoms with van der Waals surface area (Å²) >= 11 is 0. The fourth-order valence-corrected chi connectivity index (χ4v) is 2.83. The second kappa shape index (κ2) is 9.22. The lowest BCUT2D eigenvalue weighted by Gasteiger charge is -2.28. The lowest BCUT2D eigenvalue weighted by atomic mass is 9.98. The van der Waals surface area contributed by atoms with Gasteiger partial charge in [-0.2, -0.15) is 0 Å². The van der Waals surface area contributed by atoms with Crippen molar-refractivity contribution in [2.24, 2.45) is 11.8 Å². The Labute approximate surface area is 161 Å². The highest BCUT2D eigenvalue weighted by atomic mass is 16.5. The molecule has 1 N–H and O–H groups in total. The van der Waals surface area contributed by atoms with Gasteiger partial charge < -0.3 is 19.5 Å². The van der Waals surface area contributed by atoms with E-state index in [1.165, 1.54) is 7.11 Å². The molecule has 1 aliphatic rings. The van der Waals surface area contributed by atoms with Gasteiger partial charge in [-0.1, -0.05) is 20.8 Å². The van der Waals surface area contributed by atoms with Gasteiger partial charge in [0, 0.05) is 12.3 Å². The Hall–Kier alpha value is -2.08. The van der Waals surface area contributed by atoms with Gasteiger partial charge >= 0.3 is 5.97 Å². The second-order valence-corrected chi connectivity index (χ2v) is 7.59. The lowest BCUT2D eigenvalue weighted by molar-refractivity contribution is -0.142. The van der Waals surface area contributed by atoms with Crippen LogP contribution in [0.5, 0.6) is 5.75 Å². The van der Waals surface area contributed by atoms with E-state index in [0.717, 1.165) is 19.3 Å². The molecule has 6 heteroatoms. The summed E-state index contributed by atoms with van der Waals surface area (Å²) in [5.74, 6) is 0.311. The van der Waals surface area contributed by atoms with Crippen molar-refractivity contribution in [3.05, 3.63) is 23.8 Å². The van der Waals surface area contributed by atoms with Crippen molar-refractivity contribution in [1.82, 2.24) is 0 Å². The lowest BCUT2D eigenvalue weighted by Crippen LogP contribution is -2.45. The van der Waals surface area contributed by atoms with E-state index in [-0.39, 0.29) is 11.8 Å². The molecular formula is C21H31NO5. The van der Waals surface area contributed by atoms with Gasteiger partial charge in [0.1, 0.15) is 16.9 Å². The van der Waals surface area contributed by atoms with E-state index in [4.69, 9.17) is 14.2 Å². The van der Waals surface area contributed by atoms with Crippen LogP contribution in [0.15, 0.2) is 18.2 Å². The topological polar surface area (TPSA) is 73.9 Å². The molecule has 6 nitrogen and oxygen atoms in total. The Bertz CT molecular complexity index is 669. The van der Waals surface area contributed by atoms with Crippen LogP contribution < -0.4 is 10.1 Å². The van der Waals surface area contributed by atoms with Crippen molar-refractivity contribution < 1.29 is 23.8 Å². The van der Waals surface area contributed by atoms with Crippen molar-refractivity contribution in [3.63, 3.8) is 0 Å². The molecule has 150 valence electrons. The highest BCUT2D eigenvalue weighted by Gasteiger charge is 2.48. The first kappa shape index (κ1) is 21.2. The molecule has 0 aromatic heterocycles. The van der Waals surface area contributed by atoms with Gasteiger partial charge in [-0.05, 0) is 56.2 Å². The van der Waals surface area contributed by atoms with Crippen LogP contribution in [0.1, 0.15) is 57.3 Å². The number of benzene rings is 1. The predicted octanol–water partition coefficient (Wildman–Crippen LogP) is 4.04. The van der Waals surface area contributed by atoms with Crippen LogP contribution in [0.3, 0.4) is 0 Å². The molecule has 1 amide bonds. The number of ether oxygens (including phenoxy) is 3. The molecule has 0 spiro atoms. The number of hydrogen-bond acceptors (Lipinski definition) is 5. The van der Waals surface area contributed by atoms with Gasteiger partial charge in [-0.25, -0.2) is 4.79 Å². The second-order valence-electron chi connectivity index (χ2n) is 7.59. The number of esters is 1. The molecule has 1 aromatic rings. The van der Waals surface area contributed by atoms with E-state index in [2.05, 4.69) is 5.32 Å². The third kappa shape index (κ3) is 5.45. The van der Waals surface area contributed by atoms with Crippen LogP contribution in [0.4, 0.5) is 5.69 Å². The van der Waals surface area contributed by atoms with E-state index in [1.807, 2.05) is 27.7 Å². The van der Waals surface area contributed by atoms with E-state index in [9.17, 15) is 9.59 Å². The summed E-state index contributed by atoms with van der Waals surface area (Å²) in [5.41, 5.74) is -0.0448. The molecule has 0 aliphatic heterocycles. The summed E-state index contributed by atoms with van der Waals surface area (Å²) < 4.78 is 16.5. The SMILES string of the molecule is CCCO[C@](C)(C(=O)Nc1ccc(OCC(C)C)c(C(=O)OC)c1)C1CC1. The summed E-state index contributed by atoms with van der Waals surface area (Å²) in [6.07, 6.45) is 2.83. The molecule has 0 heterocycles. The quantitative estimate of drug-likeness (QED) is 0.623. The normalized spacial score (nSPS) is 15.9. The molecule has 1 aliphatic carbocycles. The number of hydrogen-bond donors (Lipinski definition) is 1. The van der Waals surface area contributed by atoms with Crippen molar-refractivity contribution in [1.29, 1.82) is 0 Å². The number of amides is 1. The minimum absolute atomic E-state index is 0.190. The molecule has 1 fully saturated rings. The zero-order valence-electron chi connectivity index (χ0n) is 17.0. The molecule has 1 saturated carbocycles. The molecular weight excluding hydrogens is 346 g/mol. The van der Waals surface area contributed by atoms with Gasteiger partial charge in [0.2, 0.25) is 0 Å². The predicted molar refractivity (Wildman–Crippen MR) is 104 cm³/mol. The van der Waals surface area contributed by atoms with Crippen LogP contribution in [0, 0.1) is 11.8 Å². The summed E-state index contributed by atoms with van der Waals surface area (Å²) in [5, 5.41) is 2.90. The first-order valence-electron chi connectivity index (χ1n) is 9.62. The third-order valence-corrected chi connectivity index (χ3v) is 4.63.